The lowest BCUT2D eigenvalue weighted by Gasteiger charge is -2.16. The Morgan fingerprint density at radius 2 is 2.25 bits per heavy atom. The zero-order valence-electron chi connectivity index (χ0n) is 11.4. The molecule has 0 aromatic carbocycles. The number of nitrogens with one attached hydrogen (secondary N) is 1. The second-order valence-corrected chi connectivity index (χ2v) is 5.08. The number of fused-ring (bicyclic) bond motifs is 1. The van der Waals surface area contributed by atoms with Crippen molar-refractivity contribution in [1.82, 2.24) is 9.97 Å². The van der Waals surface area contributed by atoms with Crippen molar-refractivity contribution in [3.05, 3.63) is 53.0 Å². The molecule has 2 aromatic heterocycles. The Hall–Kier alpha value is -2.41. The lowest BCUT2D eigenvalue weighted by atomic mass is 10.1. The van der Waals surface area contributed by atoms with Crippen LogP contribution in [0.15, 0.2) is 30.5 Å². The fourth-order valence-electron chi connectivity index (χ4n) is 2.58. The summed E-state index contributed by atoms with van der Waals surface area (Å²) in [5, 5.41) is 12.6. The molecule has 1 atom stereocenters. The molecule has 0 fully saturated rings. The van der Waals surface area contributed by atoms with E-state index in [0.29, 0.717) is 11.4 Å². The van der Waals surface area contributed by atoms with E-state index in [0.717, 1.165) is 30.7 Å². The number of aromatic nitrogens is 2. The second kappa shape index (κ2) is 5.30. The van der Waals surface area contributed by atoms with E-state index in [1.165, 1.54) is 5.56 Å². The zero-order chi connectivity index (χ0) is 13.9. The number of hydrogen-bond acceptors (Lipinski definition) is 4. The van der Waals surface area contributed by atoms with Gasteiger partial charge < -0.3 is 5.32 Å². The van der Waals surface area contributed by atoms with E-state index >= 15 is 0 Å². The average Bonchev–Trinajstić information content (AvgIpc) is 2.94. The van der Waals surface area contributed by atoms with Gasteiger partial charge in [0.1, 0.15) is 11.9 Å². The third-order valence-corrected chi connectivity index (χ3v) is 3.66. The van der Waals surface area contributed by atoms with Crippen molar-refractivity contribution >= 4 is 5.82 Å². The van der Waals surface area contributed by atoms with Gasteiger partial charge in [-0.05, 0) is 49.9 Å². The molecule has 100 valence electrons. The van der Waals surface area contributed by atoms with Gasteiger partial charge >= 0.3 is 0 Å². The molecule has 0 amide bonds. The average molecular weight is 264 g/mol. The van der Waals surface area contributed by atoms with Crippen molar-refractivity contribution in [2.24, 2.45) is 0 Å². The third kappa shape index (κ3) is 2.35. The molecule has 1 aliphatic carbocycles. The molecule has 4 heteroatoms. The van der Waals surface area contributed by atoms with Crippen molar-refractivity contribution < 1.29 is 0 Å². The van der Waals surface area contributed by atoms with Crippen LogP contribution in [0, 0.1) is 11.3 Å². The number of anilines is 1. The molecule has 1 unspecified atom stereocenters. The van der Waals surface area contributed by atoms with Crippen molar-refractivity contribution in [2.75, 3.05) is 5.32 Å². The molecule has 0 spiro atoms. The summed E-state index contributed by atoms with van der Waals surface area (Å²) < 4.78 is 0. The quantitative estimate of drug-likeness (QED) is 0.925. The van der Waals surface area contributed by atoms with Gasteiger partial charge in [-0.1, -0.05) is 6.07 Å². The number of pyridine rings is 2. The van der Waals surface area contributed by atoms with Gasteiger partial charge in [0.05, 0.1) is 17.3 Å². The van der Waals surface area contributed by atoms with Crippen LogP contribution in [0.25, 0.3) is 0 Å². The molecular weight excluding hydrogens is 248 g/mol. The van der Waals surface area contributed by atoms with Gasteiger partial charge in [-0.3, -0.25) is 4.98 Å². The highest BCUT2D eigenvalue weighted by Gasteiger charge is 2.17. The van der Waals surface area contributed by atoms with Crippen LogP contribution >= 0.6 is 0 Å². The van der Waals surface area contributed by atoms with Crippen molar-refractivity contribution in [1.29, 1.82) is 5.26 Å². The van der Waals surface area contributed by atoms with Crippen LogP contribution < -0.4 is 5.32 Å². The highest BCUT2D eigenvalue weighted by atomic mass is 15.0. The molecule has 2 heterocycles. The van der Waals surface area contributed by atoms with E-state index in [9.17, 15) is 5.26 Å². The lowest BCUT2D eigenvalue weighted by Crippen LogP contribution is -2.11. The number of hydrogen-bond donors (Lipinski definition) is 1. The molecule has 0 aliphatic heterocycles. The lowest BCUT2D eigenvalue weighted by molar-refractivity contribution is 0.827. The Balaban J connectivity index is 1.89. The van der Waals surface area contributed by atoms with Gasteiger partial charge in [0.2, 0.25) is 0 Å². The third-order valence-electron chi connectivity index (χ3n) is 3.66. The summed E-state index contributed by atoms with van der Waals surface area (Å²) in [4.78, 5) is 8.96. The highest BCUT2D eigenvalue weighted by Crippen LogP contribution is 2.26. The topological polar surface area (TPSA) is 61.6 Å². The smallest absolute Gasteiger partial charge is 0.144 e. The van der Waals surface area contributed by atoms with Gasteiger partial charge in [0.25, 0.3) is 0 Å². The SMILES string of the molecule is CC(Nc1nc2c(cc1C#N)CCC2)c1ccccn1. The normalized spacial score (nSPS) is 14.4. The minimum atomic E-state index is 0.0234. The van der Waals surface area contributed by atoms with E-state index in [1.807, 2.05) is 31.2 Å². The predicted octanol–water partition coefficient (Wildman–Crippen LogP) is 3.01. The highest BCUT2D eigenvalue weighted by molar-refractivity contribution is 5.55. The van der Waals surface area contributed by atoms with E-state index < -0.39 is 0 Å². The van der Waals surface area contributed by atoms with Gasteiger partial charge in [0.15, 0.2) is 0 Å². The van der Waals surface area contributed by atoms with Crippen LogP contribution in [0.2, 0.25) is 0 Å². The zero-order valence-corrected chi connectivity index (χ0v) is 11.4. The summed E-state index contributed by atoms with van der Waals surface area (Å²) in [6.45, 7) is 2.03. The Kier molecular flexibility index (Phi) is 3.34. The molecule has 1 aliphatic rings. The van der Waals surface area contributed by atoms with Crippen molar-refractivity contribution in [3.63, 3.8) is 0 Å². The first-order valence-corrected chi connectivity index (χ1v) is 6.88. The number of aryl methyl sites for hydroxylation is 2. The van der Waals surface area contributed by atoms with E-state index in [4.69, 9.17) is 0 Å². The first kappa shape index (κ1) is 12.6. The van der Waals surface area contributed by atoms with Crippen LogP contribution in [0.1, 0.15) is 41.9 Å². The molecule has 4 nitrogen and oxygen atoms in total. The Morgan fingerprint density at radius 3 is 3.00 bits per heavy atom. The summed E-state index contributed by atoms with van der Waals surface area (Å²) in [6.07, 6.45) is 4.95. The van der Waals surface area contributed by atoms with Gasteiger partial charge in [0, 0.05) is 11.9 Å². The standard InChI is InChI=1S/C16H16N4/c1-11(14-6-2-3-8-18-14)19-16-13(10-17)9-12-5-4-7-15(12)20-16/h2-3,6,8-9,11H,4-5,7H2,1H3,(H,19,20). The molecule has 20 heavy (non-hydrogen) atoms. The molecule has 3 rings (SSSR count). The number of nitrogens with zero attached hydrogens (tertiary/aromatic N) is 3. The van der Waals surface area contributed by atoms with Crippen molar-refractivity contribution in [3.8, 4) is 6.07 Å². The fraction of sp³-hybridized carbons (Fsp3) is 0.312. The number of rotatable bonds is 3. The van der Waals surface area contributed by atoms with Crippen LogP contribution in [-0.4, -0.2) is 9.97 Å². The predicted molar refractivity (Wildman–Crippen MR) is 77.3 cm³/mol. The summed E-state index contributed by atoms with van der Waals surface area (Å²) in [7, 11) is 0. The monoisotopic (exact) mass is 264 g/mol. The maximum absolute atomic E-state index is 9.29. The largest absolute Gasteiger partial charge is 0.361 e. The Bertz CT molecular complexity index is 658. The van der Waals surface area contributed by atoms with E-state index in [-0.39, 0.29) is 6.04 Å². The van der Waals surface area contributed by atoms with Crippen LogP contribution in [0.5, 0.6) is 0 Å². The van der Waals surface area contributed by atoms with Crippen LogP contribution in [-0.2, 0) is 12.8 Å². The van der Waals surface area contributed by atoms with E-state index in [1.54, 1.807) is 6.20 Å². The molecule has 1 N–H and O–H groups in total. The maximum Gasteiger partial charge on any atom is 0.144 e. The number of nitriles is 1. The van der Waals surface area contributed by atoms with E-state index in [2.05, 4.69) is 21.4 Å². The first-order chi connectivity index (χ1) is 9.78. The Labute approximate surface area is 118 Å². The molecule has 0 saturated heterocycles. The minimum Gasteiger partial charge on any atom is -0.361 e. The summed E-state index contributed by atoms with van der Waals surface area (Å²) in [5.41, 5.74) is 3.91. The molecule has 0 saturated carbocycles. The fourth-order valence-corrected chi connectivity index (χ4v) is 2.58. The van der Waals surface area contributed by atoms with Gasteiger partial charge in [-0.15, -0.1) is 0 Å². The second-order valence-electron chi connectivity index (χ2n) is 5.08. The van der Waals surface area contributed by atoms with Crippen LogP contribution in [0.4, 0.5) is 5.82 Å². The van der Waals surface area contributed by atoms with Gasteiger partial charge in [-0.25, -0.2) is 4.98 Å². The summed E-state index contributed by atoms with van der Waals surface area (Å²) >= 11 is 0. The molecule has 0 radical (unpaired) electrons. The summed E-state index contributed by atoms with van der Waals surface area (Å²) in [5.74, 6) is 0.673. The summed E-state index contributed by atoms with van der Waals surface area (Å²) in [6, 6.07) is 10.1. The van der Waals surface area contributed by atoms with Crippen LogP contribution in [0.3, 0.4) is 0 Å². The first-order valence-electron chi connectivity index (χ1n) is 6.88. The molecule has 2 aromatic rings. The van der Waals surface area contributed by atoms with Crippen molar-refractivity contribution in [2.45, 2.75) is 32.2 Å². The minimum absolute atomic E-state index is 0.0234. The van der Waals surface area contributed by atoms with Gasteiger partial charge in [-0.2, -0.15) is 5.26 Å². The Morgan fingerprint density at radius 1 is 1.35 bits per heavy atom. The molecule has 0 bridgehead atoms. The maximum atomic E-state index is 9.29. The molecular formula is C16H16N4.